The molecule has 0 amide bonds. The van der Waals surface area contributed by atoms with Crippen LogP contribution in [-0.4, -0.2) is 18.6 Å². The van der Waals surface area contributed by atoms with Crippen LogP contribution < -0.4 is 5.32 Å². The summed E-state index contributed by atoms with van der Waals surface area (Å²) in [6.07, 6.45) is 0. The Labute approximate surface area is 125 Å². The zero-order valence-electron chi connectivity index (χ0n) is 10.7. The Morgan fingerprint density at radius 3 is 2.61 bits per heavy atom. The molecule has 1 rings (SSSR count). The molecule has 3 nitrogen and oxygen atoms in total. The molecular weight excluding hydrogens is 362 g/mol. The first-order valence-electron chi connectivity index (χ1n) is 5.83. The van der Waals surface area contributed by atoms with E-state index in [0.717, 1.165) is 14.5 Å². The van der Waals surface area contributed by atoms with Crippen molar-refractivity contribution in [1.29, 1.82) is 0 Å². The molecule has 1 aromatic rings. The Balaban J connectivity index is 2.70. The number of ether oxygens (including phenoxy) is 1. The van der Waals surface area contributed by atoms with Gasteiger partial charge in [0, 0.05) is 15.0 Å². The molecular formula is C13H17Br2NO2. The van der Waals surface area contributed by atoms with Gasteiger partial charge in [0.15, 0.2) is 0 Å². The van der Waals surface area contributed by atoms with Gasteiger partial charge >= 0.3 is 5.97 Å². The molecule has 1 aromatic carbocycles. The lowest BCUT2D eigenvalue weighted by atomic mass is 10.1. The van der Waals surface area contributed by atoms with Gasteiger partial charge in [0.25, 0.3) is 0 Å². The molecule has 0 heterocycles. The zero-order valence-corrected chi connectivity index (χ0v) is 13.8. The van der Waals surface area contributed by atoms with Gasteiger partial charge < -0.3 is 4.74 Å². The molecule has 0 aliphatic rings. The van der Waals surface area contributed by atoms with Crippen molar-refractivity contribution in [2.75, 3.05) is 6.61 Å². The normalized spacial score (nSPS) is 14.1. The van der Waals surface area contributed by atoms with E-state index in [1.807, 2.05) is 25.1 Å². The van der Waals surface area contributed by atoms with E-state index in [9.17, 15) is 4.79 Å². The first-order chi connectivity index (χ1) is 8.45. The minimum Gasteiger partial charge on any atom is -0.465 e. The number of benzene rings is 1. The number of halogens is 2. The highest BCUT2D eigenvalue weighted by Gasteiger charge is 2.18. The van der Waals surface area contributed by atoms with E-state index in [1.54, 1.807) is 13.8 Å². The predicted octanol–water partition coefficient (Wildman–Crippen LogP) is 3.81. The second-order valence-corrected chi connectivity index (χ2v) is 5.80. The number of rotatable bonds is 5. The molecule has 5 heteroatoms. The maximum Gasteiger partial charge on any atom is 0.322 e. The van der Waals surface area contributed by atoms with E-state index >= 15 is 0 Å². The summed E-state index contributed by atoms with van der Waals surface area (Å²) in [5.74, 6) is -0.224. The fourth-order valence-corrected chi connectivity index (χ4v) is 3.04. The molecule has 2 atom stereocenters. The Bertz CT molecular complexity index is 423. The van der Waals surface area contributed by atoms with E-state index in [-0.39, 0.29) is 18.1 Å². The van der Waals surface area contributed by atoms with Crippen molar-refractivity contribution in [3.05, 3.63) is 32.7 Å². The van der Waals surface area contributed by atoms with Crippen LogP contribution in [0.1, 0.15) is 32.4 Å². The highest BCUT2D eigenvalue weighted by molar-refractivity contribution is 9.11. The van der Waals surface area contributed by atoms with Crippen molar-refractivity contribution in [3.63, 3.8) is 0 Å². The molecule has 0 aliphatic carbocycles. The summed E-state index contributed by atoms with van der Waals surface area (Å²) in [7, 11) is 0. The monoisotopic (exact) mass is 377 g/mol. The summed E-state index contributed by atoms with van der Waals surface area (Å²) < 4.78 is 6.99. The molecule has 0 aliphatic heterocycles. The van der Waals surface area contributed by atoms with E-state index < -0.39 is 0 Å². The SMILES string of the molecule is CCOC(=O)C(C)NC(C)c1ccc(Br)cc1Br. The van der Waals surface area contributed by atoms with Crippen molar-refractivity contribution < 1.29 is 9.53 Å². The Hall–Kier alpha value is -0.390. The minimum atomic E-state index is -0.324. The standard InChI is InChI=1S/C13H17Br2NO2/c1-4-18-13(17)9(3)16-8(2)11-6-5-10(14)7-12(11)15/h5-9,16H,4H2,1-3H3. The first kappa shape index (κ1) is 15.7. The topological polar surface area (TPSA) is 38.3 Å². The third-order valence-corrected chi connectivity index (χ3v) is 3.75. The highest BCUT2D eigenvalue weighted by atomic mass is 79.9. The number of hydrogen-bond donors (Lipinski definition) is 1. The molecule has 18 heavy (non-hydrogen) atoms. The molecule has 0 saturated carbocycles. The van der Waals surface area contributed by atoms with Crippen molar-refractivity contribution in [1.82, 2.24) is 5.32 Å². The van der Waals surface area contributed by atoms with Crippen LogP contribution in [0.3, 0.4) is 0 Å². The van der Waals surface area contributed by atoms with Crippen molar-refractivity contribution in [3.8, 4) is 0 Å². The van der Waals surface area contributed by atoms with Crippen molar-refractivity contribution >= 4 is 37.8 Å². The van der Waals surface area contributed by atoms with Gasteiger partial charge in [-0.2, -0.15) is 0 Å². The first-order valence-corrected chi connectivity index (χ1v) is 7.42. The fraction of sp³-hybridized carbons (Fsp3) is 0.462. The van der Waals surface area contributed by atoms with Gasteiger partial charge in [0.2, 0.25) is 0 Å². The van der Waals surface area contributed by atoms with Gasteiger partial charge in [-0.25, -0.2) is 0 Å². The summed E-state index contributed by atoms with van der Waals surface area (Å²) in [4.78, 5) is 11.5. The Kier molecular flexibility index (Phi) is 6.32. The van der Waals surface area contributed by atoms with Crippen molar-refractivity contribution in [2.24, 2.45) is 0 Å². The lowest BCUT2D eigenvalue weighted by molar-refractivity contribution is -0.145. The van der Waals surface area contributed by atoms with Crippen LogP contribution >= 0.6 is 31.9 Å². The van der Waals surface area contributed by atoms with Crippen LogP contribution in [0.25, 0.3) is 0 Å². The van der Waals surface area contributed by atoms with Crippen LogP contribution in [0.5, 0.6) is 0 Å². The average molecular weight is 379 g/mol. The average Bonchev–Trinajstić information content (AvgIpc) is 2.28. The summed E-state index contributed by atoms with van der Waals surface area (Å²) in [5.41, 5.74) is 1.11. The fourth-order valence-electron chi connectivity index (χ4n) is 1.65. The number of carbonyl (C=O) groups excluding carboxylic acids is 1. The second kappa shape index (κ2) is 7.26. The predicted molar refractivity (Wildman–Crippen MR) is 79.5 cm³/mol. The molecule has 2 unspecified atom stereocenters. The van der Waals surface area contributed by atoms with Gasteiger partial charge in [-0.1, -0.05) is 37.9 Å². The molecule has 0 spiro atoms. The molecule has 100 valence electrons. The molecule has 1 N–H and O–H groups in total. The lowest BCUT2D eigenvalue weighted by Gasteiger charge is -2.20. The van der Waals surface area contributed by atoms with E-state index in [2.05, 4.69) is 37.2 Å². The second-order valence-electron chi connectivity index (χ2n) is 4.03. The minimum absolute atomic E-state index is 0.0619. The third-order valence-electron chi connectivity index (χ3n) is 2.57. The molecule has 0 radical (unpaired) electrons. The Morgan fingerprint density at radius 2 is 2.06 bits per heavy atom. The smallest absolute Gasteiger partial charge is 0.322 e. The van der Waals surface area contributed by atoms with E-state index in [0.29, 0.717) is 6.61 Å². The van der Waals surface area contributed by atoms with Gasteiger partial charge in [0.1, 0.15) is 6.04 Å². The third kappa shape index (κ3) is 4.37. The van der Waals surface area contributed by atoms with Gasteiger partial charge in [-0.15, -0.1) is 0 Å². The van der Waals surface area contributed by atoms with E-state index in [4.69, 9.17) is 4.74 Å². The maximum absolute atomic E-state index is 11.5. The van der Waals surface area contributed by atoms with Gasteiger partial charge in [-0.3, -0.25) is 10.1 Å². The number of esters is 1. The molecule has 0 bridgehead atoms. The summed E-state index contributed by atoms with van der Waals surface area (Å²) in [5, 5.41) is 3.22. The summed E-state index contributed by atoms with van der Waals surface area (Å²) in [6.45, 7) is 6.03. The van der Waals surface area contributed by atoms with Gasteiger partial charge in [0.05, 0.1) is 6.61 Å². The van der Waals surface area contributed by atoms with Crippen LogP contribution in [0.15, 0.2) is 27.1 Å². The van der Waals surface area contributed by atoms with Gasteiger partial charge in [-0.05, 0) is 38.5 Å². The summed E-state index contributed by atoms with van der Waals surface area (Å²) in [6, 6.07) is 5.72. The number of nitrogens with one attached hydrogen (secondary N) is 1. The Morgan fingerprint density at radius 1 is 1.39 bits per heavy atom. The number of hydrogen-bond acceptors (Lipinski definition) is 3. The quantitative estimate of drug-likeness (QED) is 0.791. The van der Waals surface area contributed by atoms with Crippen LogP contribution in [-0.2, 0) is 9.53 Å². The molecule has 0 aromatic heterocycles. The zero-order chi connectivity index (χ0) is 13.7. The largest absolute Gasteiger partial charge is 0.465 e. The molecule has 0 fully saturated rings. The molecule has 0 saturated heterocycles. The highest BCUT2D eigenvalue weighted by Crippen LogP contribution is 2.27. The lowest BCUT2D eigenvalue weighted by Crippen LogP contribution is -2.37. The van der Waals surface area contributed by atoms with Crippen molar-refractivity contribution in [2.45, 2.75) is 32.9 Å². The van der Waals surface area contributed by atoms with E-state index in [1.165, 1.54) is 0 Å². The van der Waals surface area contributed by atoms with Crippen LogP contribution in [0, 0.1) is 0 Å². The van der Waals surface area contributed by atoms with Crippen LogP contribution in [0.2, 0.25) is 0 Å². The van der Waals surface area contributed by atoms with Crippen LogP contribution in [0.4, 0.5) is 0 Å². The number of carbonyl (C=O) groups is 1. The summed E-state index contributed by atoms with van der Waals surface area (Å²) >= 11 is 6.93. The maximum atomic E-state index is 11.5.